The molecule has 3 heteroatoms. The first-order valence-electron chi connectivity index (χ1n) is 6.87. The van der Waals surface area contributed by atoms with Gasteiger partial charge in [0.25, 0.3) is 0 Å². The molecule has 1 aliphatic heterocycles. The molecule has 0 aromatic heterocycles. The van der Waals surface area contributed by atoms with Crippen molar-refractivity contribution in [2.24, 2.45) is 10.7 Å². The lowest BCUT2D eigenvalue weighted by Gasteiger charge is -2.16. The summed E-state index contributed by atoms with van der Waals surface area (Å²) in [5, 5.41) is 0.737. The fourth-order valence-electron chi connectivity index (χ4n) is 2.92. The van der Waals surface area contributed by atoms with Crippen LogP contribution >= 0.6 is 11.6 Å². The quantitative estimate of drug-likeness (QED) is 0.832. The standard InChI is InChI=1S/C18H13ClN2/c19-13-9-10-15-17(16(13)11-5-2-1-3-6-11)12-7-4-8-14(20)18(12)21-15/h1-10,14H,20H2. The number of hydrogen-bond acceptors (Lipinski definition) is 2. The van der Waals surface area contributed by atoms with Crippen molar-refractivity contribution in [1.82, 2.24) is 0 Å². The first-order valence-corrected chi connectivity index (χ1v) is 7.25. The van der Waals surface area contributed by atoms with Crippen LogP contribution in [0, 0.1) is 0 Å². The van der Waals surface area contributed by atoms with Gasteiger partial charge >= 0.3 is 0 Å². The van der Waals surface area contributed by atoms with E-state index in [1.54, 1.807) is 0 Å². The summed E-state index contributed by atoms with van der Waals surface area (Å²) in [6.07, 6.45) is 6.01. The Hall–Kier alpha value is -2.16. The average Bonchev–Trinajstić information content (AvgIpc) is 2.88. The minimum Gasteiger partial charge on any atom is -0.319 e. The second-order valence-electron chi connectivity index (χ2n) is 5.17. The normalized spacial score (nSPS) is 18.9. The molecule has 1 heterocycles. The molecule has 2 N–H and O–H groups in total. The highest BCUT2D eigenvalue weighted by atomic mass is 35.5. The Morgan fingerprint density at radius 1 is 1.00 bits per heavy atom. The molecule has 1 unspecified atom stereocenters. The van der Waals surface area contributed by atoms with E-state index in [0.29, 0.717) is 0 Å². The molecule has 102 valence electrons. The molecule has 0 saturated carbocycles. The van der Waals surface area contributed by atoms with Gasteiger partial charge in [-0.2, -0.15) is 0 Å². The van der Waals surface area contributed by atoms with E-state index in [-0.39, 0.29) is 6.04 Å². The van der Waals surface area contributed by atoms with E-state index in [4.69, 9.17) is 22.3 Å². The summed E-state index contributed by atoms with van der Waals surface area (Å²) < 4.78 is 0. The van der Waals surface area contributed by atoms with Gasteiger partial charge in [-0.15, -0.1) is 0 Å². The van der Waals surface area contributed by atoms with Crippen LogP contribution < -0.4 is 5.73 Å². The summed E-state index contributed by atoms with van der Waals surface area (Å²) in [6, 6.07) is 13.9. The third kappa shape index (κ3) is 1.88. The number of allylic oxidation sites excluding steroid dienone is 2. The van der Waals surface area contributed by atoms with E-state index < -0.39 is 0 Å². The van der Waals surface area contributed by atoms with Crippen molar-refractivity contribution in [2.45, 2.75) is 6.04 Å². The zero-order chi connectivity index (χ0) is 14.4. The van der Waals surface area contributed by atoms with Gasteiger partial charge in [0.15, 0.2) is 0 Å². The predicted octanol–water partition coefficient (Wildman–Crippen LogP) is 4.37. The van der Waals surface area contributed by atoms with Crippen LogP contribution in [0.3, 0.4) is 0 Å². The lowest BCUT2D eigenvalue weighted by atomic mass is 9.89. The SMILES string of the molecule is NC1C=CC=C2C1=Nc1ccc(Cl)c(-c3ccccc3)c12. The number of halogens is 1. The van der Waals surface area contributed by atoms with Gasteiger partial charge < -0.3 is 5.73 Å². The third-order valence-corrected chi connectivity index (χ3v) is 4.19. The molecule has 0 fully saturated rings. The molecular formula is C18H13ClN2. The zero-order valence-electron chi connectivity index (χ0n) is 11.3. The van der Waals surface area contributed by atoms with Gasteiger partial charge in [-0.1, -0.05) is 60.2 Å². The van der Waals surface area contributed by atoms with Crippen molar-refractivity contribution in [3.05, 3.63) is 71.3 Å². The molecule has 2 aliphatic rings. The van der Waals surface area contributed by atoms with Crippen LogP contribution in [-0.2, 0) is 0 Å². The molecule has 2 nitrogen and oxygen atoms in total. The smallest absolute Gasteiger partial charge is 0.0720 e. The minimum atomic E-state index is -0.153. The van der Waals surface area contributed by atoms with Gasteiger partial charge in [0, 0.05) is 21.7 Å². The predicted molar refractivity (Wildman–Crippen MR) is 89.1 cm³/mol. The molecular weight excluding hydrogens is 280 g/mol. The maximum Gasteiger partial charge on any atom is 0.0720 e. The van der Waals surface area contributed by atoms with E-state index in [9.17, 15) is 0 Å². The van der Waals surface area contributed by atoms with Crippen LogP contribution in [0.5, 0.6) is 0 Å². The Balaban J connectivity index is 2.00. The molecule has 0 amide bonds. The van der Waals surface area contributed by atoms with E-state index in [1.807, 2.05) is 42.5 Å². The molecule has 0 spiro atoms. The summed E-state index contributed by atoms with van der Waals surface area (Å²) in [5.41, 5.74) is 12.3. The highest BCUT2D eigenvalue weighted by Crippen LogP contribution is 2.46. The first kappa shape index (κ1) is 12.6. The first-order chi connectivity index (χ1) is 10.3. The van der Waals surface area contributed by atoms with E-state index in [2.05, 4.69) is 18.2 Å². The van der Waals surface area contributed by atoms with Gasteiger partial charge in [-0.3, -0.25) is 4.99 Å². The summed E-state index contributed by atoms with van der Waals surface area (Å²) in [7, 11) is 0. The molecule has 0 saturated heterocycles. The maximum atomic E-state index is 6.48. The number of nitrogens with two attached hydrogens (primary N) is 1. The van der Waals surface area contributed by atoms with Crippen molar-refractivity contribution >= 4 is 28.6 Å². The highest BCUT2D eigenvalue weighted by molar-refractivity contribution is 6.38. The summed E-state index contributed by atoms with van der Waals surface area (Å²) >= 11 is 6.48. The lowest BCUT2D eigenvalue weighted by Crippen LogP contribution is -2.29. The largest absolute Gasteiger partial charge is 0.319 e. The van der Waals surface area contributed by atoms with Crippen molar-refractivity contribution in [2.75, 3.05) is 0 Å². The van der Waals surface area contributed by atoms with Crippen LogP contribution in [-0.4, -0.2) is 11.8 Å². The van der Waals surface area contributed by atoms with E-state index in [1.165, 1.54) is 0 Å². The zero-order valence-corrected chi connectivity index (χ0v) is 12.0. The molecule has 2 aromatic rings. The highest BCUT2D eigenvalue weighted by Gasteiger charge is 2.29. The van der Waals surface area contributed by atoms with Crippen molar-refractivity contribution < 1.29 is 0 Å². The molecule has 4 rings (SSSR count). The van der Waals surface area contributed by atoms with Crippen LogP contribution in [0.25, 0.3) is 16.7 Å². The van der Waals surface area contributed by atoms with Gasteiger partial charge in [0.2, 0.25) is 0 Å². The number of benzene rings is 2. The molecule has 1 atom stereocenters. The molecule has 2 aromatic carbocycles. The average molecular weight is 293 g/mol. The second kappa shape index (κ2) is 4.69. The third-order valence-electron chi connectivity index (χ3n) is 3.88. The number of rotatable bonds is 1. The number of fused-ring (bicyclic) bond motifs is 3. The van der Waals surface area contributed by atoms with Crippen LogP contribution in [0.15, 0.2) is 65.7 Å². The maximum absolute atomic E-state index is 6.48. The minimum absolute atomic E-state index is 0.153. The Morgan fingerprint density at radius 3 is 2.62 bits per heavy atom. The molecule has 0 bridgehead atoms. The van der Waals surface area contributed by atoms with Gasteiger partial charge in [0.1, 0.15) is 0 Å². The number of nitrogens with zero attached hydrogens (tertiary/aromatic N) is 1. The molecule has 1 aliphatic carbocycles. The van der Waals surface area contributed by atoms with Crippen molar-refractivity contribution in [3.8, 4) is 11.1 Å². The van der Waals surface area contributed by atoms with Crippen LogP contribution in [0.2, 0.25) is 5.02 Å². The Morgan fingerprint density at radius 2 is 1.81 bits per heavy atom. The number of aliphatic imine (C=N–C) groups is 1. The molecule has 0 radical (unpaired) electrons. The second-order valence-corrected chi connectivity index (χ2v) is 5.58. The van der Waals surface area contributed by atoms with Crippen molar-refractivity contribution in [1.29, 1.82) is 0 Å². The fourth-order valence-corrected chi connectivity index (χ4v) is 3.19. The summed E-state index contributed by atoms with van der Waals surface area (Å²) in [4.78, 5) is 4.70. The van der Waals surface area contributed by atoms with Gasteiger partial charge in [0.05, 0.1) is 17.4 Å². The van der Waals surface area contributed by atoms with E-state index in [0.717, 1.165) is 38.7 Å². The van der Waals surface area contributed by atoms with Gasteiger partial charge in [-0.25, -0.2) is 0 Å². The van der Waals surface area contributed by atoms with Gasteiger partial charge in [-0.05, 0) is 17.7 Å². The van der Waals surface area contributed by atoms with Crippen molar-refractivity contribution in [3.63, 3.8) is 0 Å². The molecule has 21 heavy (non-hydrogen) atoms. The Bertz CT molecular complexity index is 817. The monoisotopic (exact) mass is 292 g/mol. The Kier molecular flexibility index (Phi) is 2.81. The summed E-state index contributed by atoms with van der Waals surface area (Å²) in [5.74, 6) is 0. The topological polar surface area (TPSA) is 38.4 Å². The lowest BCUT2D eigenvalue weighted by molar-refractivity contribution is 1.09. The fraction of sp³-hybridized carbons (Fsp3) is 0.0556. The Labute approximate surface area is 128 Å². The summed E-state index contributed by atoms with van der Waals surface area (Å²) in [6.45, 7) is 0. The van der Waals surface area contributed by atoms with Crippen LogP contribution in [0.4, 0.5) is 5.69 Å². The van der Waals surface area contributed by atoms with Crippen LogP contribution in [0.1, 0.15) is 5.56 Å². The number of hydrogen-bond donors (Lipinski definition) is 1. The van der Waals surface area contributed by atoms with E-state index >= 15 is 0 Å².